The number of imide groups is 1. The van der Waals surface area contributed by atoms with Gasteiger partial charge in [0.25, 0.3) is 5.91 Å². The summed E-state index contributed by atoms with van der Waals surface area (Å²) in [7, 11) is 0. The molecule has 0 spiro atoms. The van der Waals surface area contributed by atoms with Gasteiger partial charge in [-0.3, -0.25) is 9.59 Å². The number of aryl methyl sites for hydroxylation is 1. The second kappa shape index (κ2) is 7.95. The van der Waals surface area contributed by atoms with Gasteiger partial charge in [-0.2, -0.15) is 0 Å². The molecule has 3 N–H and O–H groups in total. The molecular formula is C23H19F3N4O3. The molecule has 2 heterocycles. The van der Waals surface area contributed by atoms with Gasteiger partial charge in [0.2, 0.25) is 5.91 Å². The molecule has 2 aliphatic rings. The van der Waals surface area contributed by atoms with Gasteiger partial charge in [0, 0.05) is 28.7 Å². The van der Waals surface area contributed by atoms with E-state index in [0.29, 0.717) is 17.0 Å². The monoisotopic (exact) mass is 456 g/mol. The molecule has 3 aromatic rings. The predicted octanol–water partition coefficient (Wildman–Crippen LogP) is 3.59. The van der Waals surface area contributed by atoms with E-state index in [1.807, 2.05) is 24.3 Å². The SMILES string of the molecule is O=C(C[C@H]1NC(=O)N(c2cc(F)c(F)c(F)c2)C1=O)N[C@H]1CCCc2c1[nH]c1ccccc21. The summed E-state index contributed by atoms with van der Waals surface area (Å²) in [6, 6.07) is 6.56. The first-order valence-corrected chi connectivity index (χ1v) is 10.5. The molecule has 1 aromatic heterocycles. The number of benzene rings is 2. The summed E-state index contributed by atoms with van der Waals surface area (Å²) in [4.78, 5) is 41.5. The Kier molecular flexibility index (Phi) is 5.07. The molecule has 7 nitrogen and oxygen atoms in total. The third kappa shape index (κ3) is 3.61. The van der Waals surface area contributed by atoms with Crippen molar-refractivity contribution in [1.82, 2.24) is 15.6 Å². The number of aromatic nitrogens is 1. The second-order valence-electron chi connectivity index (χ2n) is 8.18. The highest BCUT2D eigenvalue weighted by atomic mass is 19.2. The molecule has 0 saturated carbocycles. The van der Waals surface area contributed by atoms with Crippen molar-refractivity contribution in [3.05, 3.63) is 65.1 Å². The van der Waals surface area contributed by atoms with Crippen molar-refractivity contribution in [2.24, 2.45) is 0 Å². The number of nitrogens with one attached hydrogen (secondary N) is 3. The lowest BCUT2D eigenvalue weighted by atomic mass is 9.91. The van der Waals surface area contributed by atoms with Crippen LogP contribution in [0.1, 0.15) is 36.6 Å². The Morgan fingerprint density at radius 2 is 1.85 bits per heavy atom. The molecule has 2 atom stereocenters. The van der Waals surface area contributed by atoms with Gasteiger partial charge >= 0.3 is 6.03 Å². The fourth-order valence-corrected chi connectivity index (χ4v) is 4.58. The van der Waals surface area contributed by atoms with Gasteiger partial charge in [0.1, 0.15) is 6.04 Å². The summed E-state index contributed by atoms with van der Waals surface area (Å²) < 4.78 is 40.4. The van der Waals surface area contributed by atoms with Crippen LogP contribution >= 0.6 is 0 Å². The molecule has 10 heteroatoms. The molecule has 170 valence electrons. The first-order chi connectivity index (χ1) is 15.8. The van der Waals surface area contributed by atoms with Crippen LogP contribution in [-0.4, -0.2) is 28.9 Å². The van der Waals surface area contributed by atoms with Gasteiger partial charge in [-0.1, -0.05) is 18.2 Å². The number of anilines is 1. The van der Waals surface area contributed by atoms with Gasteiger partial charge in [-0.15, -0.1) is 0 Å². The molecule has 5 rings (SSSR count). The standard InChI is InChI=1S/C23H19F3N4O3/c24-14-8-11(9-15(25)20(14)26)30-22(32)18(29-23(30)33)10-19(31)27-17-7-3-5-13-12-4-1-2-6-16(12)28-21(13)17/h1-2,4,6,8-9,17-18,28H,3,5,7,10H2,(H,27,31)(H,29,33)/t17-,18+/m0/s1. The van der Waals surface area contributed by atoms with Crippen molar-refractivity contribution in [1.29, 1.82) is 0 Å². The van der Waals surface area contributed by atoms with E-state index in [4.69, 9.17) is 0 Å². The van der Waals surface area contributed by atoms with E-state index in [1.165, 1.54) is 0 Å². The number of aromatic amines is 1. The number of halogens is 3. The lowest BCUT2D eigenvalue weighted by Crippen LogP contribution is -2.38. The highest BCUT2D eigenvalue weighted by Gasteiger charge is 2.41. The predicted molar refractivity (Wildman–Crippen MR) is 113 cm³/mol. The van der Waals surface area contributed by atoms with E-state index in [2.05, 4.69) is 15.6 Å². The van der Waals surface area contributed by atoms with Crippen molar-refractivity contribution >= 4 is 34.4 Å². The van der Waals surface area contributed by atoms with Crippen molar-refractivity contribution in [3.63, 3.8) is 0 Å². The van der Waals surface area contributed by atoms with Crippen molar-refractivity contribution < 1.29 is 27.6 Å². The van der Waals surface area contributed by atoms with Crippen molar-refractivity contribution in [2.75, 3.05) is 4.90 Å². The molecule has 1 fully saturated rings. The third-order valence-electron chi connectivity index (χ3n) is 6.09. The first-order valence-electron chi connectivity index (χ1n) is 10.5. The molecule has 2 aromatic carbocycles. The molecule has 0 unspecified atom stereocenters. The van der Waals surface area contributed by atoms with E-state index < -0.39 is 47.0 Å². The average Bonchev–Trinajstić information content (AvgIpc) is 3.29. The maximum absolute atomic E-state index is 13.6. The average molecular weight is 456 g/mol. The minimum Gasteiger partial charge on any atom is -0.356 e. The Bertz CT molecular complexity index is 1280. The molecule has 4 amide bonds. The number of H-pyrrole nitrogens is 1. The quantitative estimate of drug-likeness (QED) is 0.414. The minimum atomic E-state index is -1.70. The summed E-state index contributed by atoms with van der Waals surface area (Å²) in [6.45, 7) is 0. The molecular weight excluding hydrogens is 437 g/mol. The Morgan fingerprint density at radius 3 is 2.61 bits per heavy atom. The number of rotatable bonds is 4. The molecule has 33 heavy (non-hydrogen) atoms. The van der Waals surface area contributed by atoms with Crippen LogP contribution in [0.25, 0.3) is 10.9 Å². The van der Waals surface area contributed by atoms with E-state index in [-0.39, 0.29) is 12.5 Å². The number of carbonyl (C=O) groups excluding carboxylic acids is 3. The number of fused-ring (bicyclic) bond motifs is 3. The number of nitrogens with zero attached hydrogens (tertiary/aromatic N) is 1. The fourth-order valence-electron chi connectivity index (χ4n) is 4.58. The Labute approximate surface area is 185 Å². The summed E-state index contributed by atoms with van der Waals surface area (Å²) in [5.41, 5.74) is 2.61. The van der Waals surface area contributed by atoms with Gasteiger partial charge in [0.15, 0.2) is 17.5 Å². The maximum atomic E-state index is 13.6. The third-order valence-corrected chi connectivity index (χ3v) is 6.09. The number of urea groups is 1. The molecule has 0 bridgehead atoms. The molecule has 0 radical (unpaired) electrons. The number of para-hydroxylation sites is 1. The van der Waals surface area contributed by atoms with E-state index >= 15 is 0 Å². The molecule has 1 saturated heterocycles. The van der Waals surface area contributed by atoms with Crippen LogP contribution in [0, 0.1) is 17.5 Å². The van der Waals surface area contributed by atoms with Crippen LogP contribution < -0.4 is 15.5 Å². The minimum absolute atomic E-state index is 0.266. The highest BCUT2D eigenvalue weighted by Crippen LogP contribution is 2.34. The lowest BCUT2D eigenvalue weighted by Gasteiger charge is -2.24. The topological polar surface area (TPSA) is 94.3 Å². The number of hydrogen-bond donors (Lipinski definition) is 3. The summed E-state index contributed by atoms with van der Waals surface area (Å²) in [6.07, 6.45) is 2.15. The van der Waals surface area contributed by atoms with E-state index in [1.54, 1.807) is 0 Å². The van der Waals surface area contributed by atoms with E-state index in [0.717, 1.165) is 41.4 Å². The zero-order chi connectivity index (χ0) is 23.3. The van der Waals surface area contributed by atoms with Gasteiger partial charge < -0.3 is 15.6 Å². The molecule has 1 aliphatic carbocycles. The zero-order valence-corrected chi connectivity index (χ0v) is 17.3. The van der Waals surface area contributed by atoms with Crippen LogP contribution in [-0.2, 0) is 16.0 Å². The van der Waals surface area contributed by atoms with Crippen LogP contribution in [0.2, 0.25) is 0 Å². The van der Waals surface area contributed by atoms with Gasteiger partial charge in [-0.25, -0.2) is 22.9 Å². The maximum Gasteiger partial charge on any atom is 0.329 e. The van der Waals surface area contributed by atoms with Gasteiger partial charge in [-0.05, 0) is 30.9 Å². The normalized spacial score (nSPS) is 20.2. The number of carbonyl (C=O) groups is 3. The smallest absolute Gasteiger partial charge is 0.329 e. The van der Waals surface area contributed by atoms with E-state index in [9.17, 15) is 27.6 Å². The Hall–Kier alpha value is -3.82. The van der Waals surface area contributed by atoms with Crippen molar-refractivity contribution in [2.45, 2.75) is 37.8 Å². The van der Waals surface area contributed by atoms with Crippen LogP contribution in [0.3, 0.4) is 0 Å². The Balaban J connectivity index is 1.30. The largest absolute Gasteiger partial charge is 0.356 e. The Morgan fingerprint density at radius 1 is 1.12 bits per heavy atom. The van der Waals surface area contributed by atoms with Crippen LogP contribution in [0.5, 0.6) is 0 Å². The van der Waals surface area contributed by atoms with Crippen LogP contribution in [0.15, 0.2) is 36.4 Å². The molecule has 1 aliphatic heterocycles. The van der Waals surface area contributed by atoms with Gasteiger partial charge in [0.05, 0.1) is 18.2 Å². The summed E-state index contributed by atoms with van der Waals surface area (Å²) >= 11 is 0. The lowest BCUT2D eigenvalue weighted by molar-refractivity contribution is -0.126. The number of hydrogen-bond acceptors (Lipinski definition) is 3. The summed E-state index contributed by atoms with van der Waals surface area (Å²) in [5, 5.41) is 6.37. The van der Waals surface area contributed by atoms with Crippen molar-refractivity contribution in [3.8, 4) is 0 Å². The fraction of sp³-hybridized carbons (Fsp3) is 0.261. The zero-order valence-electron chi connectivity index (χ0n) is 17.3. The van der Waals surface area contributed by atoms with Crippen LogP contribution in [0.4, 0.5) is 23.7 Å². The highest BCUT2D eigenvalue weighted by molar-refractivity contribution is 6.22. The first kappa shape index (κ1) is 21.0. The number of amides is 4. The summed E-state index contributed by atoms with van der Waals surface area (Å²) in [5.74, 6) is -6.07. The second-order valence-corrected chi connectivity index (χ2v) is 8.18.